The second kappa shape index (κ2) is 4.73. The van der Waals surface area contributed by atoms with E-state index in [1.54, 1.807) is 11.3 Å². The topological polar surface area (TPSA) is 38.1 Å². The first-order chi connectivity index (χ1) is 7.36. The van der Waals surface area contributed by atoms with E-state index in [4.69, 9.17) is 4.52 Å². The molecule has 3 nitrogen and oxygen atoms in total. The van der Waals surface area contributed by atoms with Crippen molar-refractivity contribution in [2.45, 2.75) is 25.7 Å². The Kier molecular flexibility index (Phi) is 3.52. The van der Waals surface area contributed by atoms with Crippen molar-refractivity contribution >= 4 is 34.0 Å². The summed E-state index contributed by atoms with van der Waals surface area (Å²) in [4.78, 5) is 0. The quantitative estimate of drug-likeness (QED) is 0.854. The SMILES string of the molecule is Cc1csc2c(C3CCNCC3)noc12.Cl. The molecule has 0 aliphatic carbocycles. The van der Waals surface area contributed by atoms with E-state index in [2.05, 4.69) is 22.8 Å². The molecule has 1 saturated heterocycles. The van der Waals surface area contributed by atoms with E-state index in [1.807, 2.05) is 0 Å². The van der Waals surface area contributed by atoms with Crippen LogP contribution in [0.25, 0.3) is 10.3 Å². The summed E-state index contributed by atoms with van der Waals surface area (Å²) in [6.45, 7) is 4.28. The summed E-state index contributed by atoms with van der Waals surface area (Å²) in [5.41, 5.74) is 3.39. The highest BCUT2D eigenvalue weighted by Crippen LogP contribution is 2.35. The number of hydrogen-bond donors (Lipinski definition) is 1. The minimum atomic E-state index is 0. The van der Waals surface area contributed by atoms with Gasteiger partial charge in [-0.25, -0.2) is 0 Å². The fourth-order valence-corrected chi connectivity index (χ4v) is 3.25. The maximum atomic E-state index is 5.41. The molecular formula is C11H15ClN2OS. The number of piperidine rings is 1. The molecule has 2 aromatic heterocycles. The van der Waals surface area contributed by atoms with Gasteiger partial charge in [0.05, 0.1) is 4.70 Å². The molecule has 1 fully saturated rings. The maximum absolute atomic E-state index is 5.41. The van der Waals surface area contributed by atoms with Crippen molar-refractivity contribution in [3.8, 4) is 0 Å². The van der Waals surface area contributed by atoms with Crippen LogP contribution >= 0.6 is 23.7 Å². The van der Waals surface area contributed by atoms with Crippen molar-refractivity contribution < 1.29 is 4.52 Å². The standard InChI is InChI=1S/C11H14N2OS.ClH/c1-7-6-15-11-9(13-14-10(7)11)8-2-4-12-5-3-8;/h6,8,12H,2-5H2,1H3;1H. The molecule has 88 valence electrons. The van der Waals surface area contributed by atoms with Gasteiger partial charge in [-0.3, -0.25) is 0 Å². The van der Waals surface area contributed by atoms with Crippen molar-refractivity contribution in [1.29, 1.82) is 0 Å². The highest BCUT2D eigenvalue weighted by atomic mass is 35.5. The molecule has 5 heteroatoms. The Morgan fingerprint density at radius 1 is 1.44 bits per heavy atom. The average Bonchev–Trinajstić information content (AvgIpc) is 2.83. The van der Waals surface area contributed by atoms with Crippen LogP contribution < -0.4 is 5.32 Å². The molecule has 0 amide bonds. The van der Waals surface area contributed by atoms with E-state index in [9.17, 15) is 0 Å². The van der Waals surface area contributed by atoms with Gasteiger partial charge in [0.25, 0.3) is 0 Å². The Morgan fingerprint density at radius 3 is 2.94 bits per heavy atom. The van der Waals surface area contributed by atoms with Gasteiger partial charge in [0.15, 0.2) is 5.58 Å². The molecule has 0 atom stereocenters. The number of aromatic nitrogens is 1. The Balaban J connectivity index is 0.000000963. The van der Waals surface area contributed by atoms with Gasteiger partial charge in [-0.05, 0) is 38.2 Å². The van der Waals surface area contributed by atoms with Gasteiger partial charge >= 0.3 is 0 Å². The van der Waals surface area contributed by atoms with Gasteiger partial charge in [0.1, 0.15) is 5.69 Å². The average molecular weight is 259 g/mol. The Hall–Kier alpha value is -0.580. The number of aryl methyl sites for hydroxylation is 1. The van der Waals surface area contributed by atoms with Gasteiger partial charge < -0.3 is 9.84 Å². The summed E-state index contributed by atoms with van der Waals surface area (Å²) >= 11 is 1.76. The zero-order valence-electron chi connectivity index (χ0n) is 9.16. The Morgan fingerprint density at radius 2 is 2.19 bits per heavy atom. The zero-order chi connectivity index (χ0) is 10.3. The molecule has 0 aromatic carbocycles. The van der Waals surface area contributed by atoms with Gasteiger partial charge in [-0.1, -0.05) is 5.16 Å². The van der Waals surface area contributed by atoms with Gasteiger partial charge in [-0.2, -0.15) is 0 Å². The first-order valence-electron chi connectivity index (χ1n) is 5.40. The van der Waals surface area contributed by atoms with E-state index < -0.39 is 0 Å². The van der Waals surface area contributed by atoms with Gasteiger partial charge in [0, 0.05) is 11.5 Å². The van der Waals surface area contributed by atoms with E-state index in [0.29, 0.717) is 5.92 Å². The highest BCUT2D eigenvalue weighted by molar-refractivity contribution is 7.17. The van der Waals surface area contributed by atoms with Crippen molar-refractivity contribution in [1.82, 2.24) is 10.5 Å². The number of fused-ring (bicyclic) bond motifs is 1. The predicted molar refractivity (Wildman–Crippen MR) is 68.7 cm³/mol. The molecule has 1 N–H and O–H groups in total. The Labute approximate surface area is 105 Å². The maximum Gasteiger partial charge on any atom is 0.180 e. The molecule has 1 aliphatic rings. The van der Waals surface area contributed by atoms with Crippen LogP contribution in [0, 0.1) is 6.92 Å². The van der Waals surface area contributed by atoms with E-state index >= 15 is 0 Å². The largest absolute Gasteiger partial charge is 0.355 e. The van der Waals surface area contributed by atoms with Gasteiger partial charge in [0.2, 0.25) is 0 Å². The van der Waals surface area contributed by atoms with Crippen LogP contribution in [0.4, 0.5) is 0 Å². The third kappa shape index (κ3) is 1.85. The molecule has 0 radical (unpaired) electrons. The molecule has 0 unspecified atom stereocenters. The number of thiophene rings is 1. The molecule has 1 aliphatic heterocycles. The normalized spacial score (nSPS) is 17.6. The molecule has 2 aromatic rings. The number of hydrogen-bond acceptors (Lipinski definition) is 4. The summed E-state index contributed by atoms with van der Waals surface area (Å²) in [6, 6.07) is 0. The number of rotatable bonds is 1. The molecule has 3 heterocycles. The van der Waals surface area contributed by atoms with Crippen molar-refractivity contribution in [2.75, 3.05) is 13.1 Å². The zero-order valence-corrected chi connectivity index (χ0v) is 10.8. The van der Waals surface area contributed by atoms with Crippen LogP contribution in [0.2, 0.25) is 0 Å². The predicted octanol–water partition coefficient (Wildman–Crippen LogP) is 3.09. The first kappa shape index (κ1) is 11.9. The summed E-state index contributed by atoms with van der Waals surface area (Å²) in [7, 11) is 0. The van der Waals surface area contributed by atoms with Crippen LogP contribution in [0.3, 0.4) is 0 Å². The summed E-state index contributed by atoms with van der Waals surface area (Å²) in [6.07, 6.45) is 2.36. The van der Waals surface area contributed by atoms with Crippen LogP contribution in [-0.2, 0) is 0 Å². The minimum Gasteiger partial charge on any atom is -0.355 e. The molecule has 16 heavy (non-hydrogen) atoms. The summed E-state index contributed by atoms with van der Waals surface area (Å²) in [5, 5.41) is 9.78. The van der Waals surface area contributed by atoms with Crippen molar-refractivity contribution in [3.05, 3.63) is 16.6 Å². The number of halogens is 1. The van der Waals surface area contributed by atoms with Crippen LogP contribution in [0.1, 0.15) is 30.0 Å². The minimum absolute atomic E-state index is 0. The van der Waals surface area contributed by atoms with E-state index in [0.717, 1.165) is 18.7 Å². The lowest BCUT2D eigenvalue weighted by Crippen LogP contribution is -2.26. The molecular weight excluding hydrogens is 244 g/mol. The summed E-state index contributed by atoms with van der Waals surface area (Å²) in [5.74, 6) is 0.588. The van der Waals surface area contributed by atoms with E-state index in [-0.39, 0.29) is 12.4 Å². The van der Waals surface area contributed by atoms with Crippen LogP contribution in [0.5, 0.6) is 0 Å². The Bertz CT molecular complexity index is 473. The molecule has 3 rings (SSSR count). The third-order valence-electron chi connectivity index (χ3n) is 3.11. The smallest absolute Gasteiger partial charge is 0.180 e. The number of nitrogens with one attached hydrogen (secondary N) is 1. The van der Waals surface area contributed by atoms with Crippen molar-refractivity contribution in [2.24, 2.45) is 0 Å². The van der Waals surface area contributed by atoms with E-state index in [1.165, 1.54) is 28.8 Å². The fourth-order valence-electron chi connectivity index (χ4n) is 2.22. The lowest BCUT2D eigenvalue weighted by Gasteiger charge is -2.20. The second-order valence-electron chi connectivity index (χ2n) is 4.17. The monoisotopic (exact) mass is 258 g/mol. The van der Waals surface area contributed by atoms with Crippen LogP contribution in [0.15, 0.2) is 9.90 Å². The molecule has 0 bridgehead atoms. The molecule has 0 spiro atoms. The highest BCUT2D eigenvalue weighted by Gasteiger charge is 2.22. The number of nitrogens with zero attached hydrogens (tertiary/aromatic N) is 1. The molecule has 0 saturated carbocycles. The van der Waals surface area contributed by atoms with Crippen LogP contribution in [-0.4, -0.2) is 18.2 Å². The van der Waals surface area contributed by atoms with Gasteiger partial charge in [-0.15, -0.1) is 23.7 Å². The van der Waals surface area contributed by atoms with Crippen molar-refractivity contribution in [3.63, 3.8) is 0 Å². The fraction of sp³-hybridized carbons (Fsp3) is 0.545. The third-order valence-corrected chi connectivity index (χ3v) is 4.21. The lowest BCUT2D eigenvalue weighted by atomic mass is 9.94. The lowest BCUT2D eigenvalue weighted by molar-refractivity contribution is 0.403. The second-order valence-corrected chi connectivity index (χ2v) is 5.05. The summed E-state index contributed by atoms with van der Waals surface area (Å²) < 4.78 is 6.68. The first-order valence-corrected chi connectivity index (χ1v) is 6.28.